The molecule has 1 aromatic rings. The maximum atomic E-state index is 8.90. The Hall–Kier alpha value is -1.29. The van der Waals surface area contributed by atoms with Crippen molar-refractivity contribution in [3.8, 4) is 6.07 Å². The average molecular weight is 297 g/mol. The Balaban J connectivity index is 1.78. The van der Waals surface area contributed by atoms with Crippen LogP contribution in [-0.4, -0.2) is 0 Å². The summed E-state index contributed by atoms with van der Waals surface area (Å²) in [6, 6.07) is 10.5. The molecule has 1 aliphatic carbocycles. The van der Waals surface area contributed by atoms with Crippen LogP contribution in [0, 0.1) is 23.2 Å². The van der Waals surface area contributed by atoms with Crippen molar-refractivity contribution in [2.75, 3.05) is 0 Å². The first-order valence-electron chi connectivity index (χ1n) is 9.24. The summed E-state index contributed by atoms with van der Waals surface area (Å²) in [5.41, 5.74) is 2.21. The lowest BCUT2D eigenvalue weighted by Gasteiger charge is -2.34. The van der Waals surface area contributed by atoms with Gasteiger partial charge in [-0.25, -0.2) is 0 Å². The number of hydrogen-bond donors (Lipinski definition) is 0. The molecule has 0 saturated heterocycles. The van der Waals surface area contributed by atoms with Crippen molar-refractivity contribution >= 4 is 0 Å². The quantitative estimate of drug-likeness (QED) is 0.531. The van der Waals surface area contributed by atoms with E-state index in [0.717, 1.165) is 17.4 Å². The summed E-state index contributed by atoms with van der Waals surface area (Å²) in [6.07, 6.45) is 12.5. The van der Waals surface area contributed by atoms with Crippen LogP contribution in [0.2, 0.25) is 0 Å². The molecule has 1 aromatic carbocycles. The lowest BCUT2D eigenvalue weighted by Crippen LogP contribution is -2.22. The van der Waals surface area contributed by atoms with Crippen molar-refractivity contribution in [3.05, 3.63) is 35.4 Å². The monoisotopic (exact) mass is 297 g/mol. The van der Waals surface area contributed by atoms with E-state index in [1.54, 1.807) is 0 Å². The molecule has 3 atom stereocenters. The molecule has 1 fully saturated rings. The Bertz CT molecular complexity index is 468. The number of rotatable bonds is 7. The number of benzene rings is 1. The van der Waals surface area contributed by atoms with E-state index in [-0.39, 0.29) is 0 Å². The van der Waals surface area contributed by atoms with Gasteiger partial charge in [-0.15, -0.1) is 0 Å². The minimum absolute atomic E-state index is 0.707. The molecule has 1 nitrogen and oxygen atoms in total. The van der Waals surface area contributed by atoms with E-state index in [9.17, 15) is 0 Å². The number of unbranched alkanes of at least 4 members (excludes halogenated alkanes) is 4. The van der Waals surface area contributed by atoms with Gasteiger partial charge in [0, 0.05) is 0 Å². The molecule has 2 rings (SSSR count). The van der Waals surface area contributed by atoms with Crippen LogP contribution in [0.4, 0.5) is 0 Å². The first kappa shape index (κ1) is 17.1. The third-order valence-corrected chi connectivity index (χ3v) is 5.54. The maximum Gasteiger partial charge on any atom is 0.0991 e. The first-order chi connectivity index (χ1) is 10.7. The van der Waals surface area contributed by atoms with Crippen molar-refractivity contribution in [2.24, 2.45) is 11.8 Å². The van der Waals surface area contributed by atoms with Gasteiger partial charge in [0.05, 0.1) is 11.6 Å². The van der Waals surface area contributed by atoms with E-state index in [1.807, 2.05) is 12.1 Å². The molecule has 0 spiro atoms. The normalized spacial score (nSPS) is 24.9. The molecule has 22 heavy (non-hydrogen) atoms. The summed E-state index contributed by atoms with van der Waals surface area (Å²) in [5, 5.41) is 8.90. The van der Waals surface area contributed by atoms with E-state index in [2.05, 4.69) is 32.0 Å². The molecule has 0 radical (unpaired) electrons. The molecule has 0 N–H and O–H groups in total. The molecule has 0 aromatic heterocycles. The first-order valence-corrected chi connectivity index (χ1v) is 9.24. The second-order valence-electron chi connectivity index (χ2n) is 7.18. The van der Waals surface area contributed by atoms with Crippen LogP contribution in [-0.2, 0) is 0 Å². The second-order valence-corrected chi connectivity index (χ2v) is 7.18. The lowest BCUT2D eigenvalue weighted by atomic mass is 9.71. The van der Waals surface area contributed by atoms with Crippen LogP contribution in [0.5, 0.6) is 0 Å². The molecule has 3 unspecified atom stereocenters. The summed E-state index contributed by atoms with van der Waals surface area (Å²) in [7, 11) is 0. The Morgan fingerprint density at radius 3 is 2.41 bits per heavy atom. The molecule has 1 aliphatic rings. The fraction of sp³-hybridized carbons (Fsp3) is 0.667. The van der Waals surface area contributed by atoms with Gasteiger partial charge in [0.25, 0.3) is 0 Å². The van der Waals surface area contributed by atoms with Gasteiger partial charge in [0.1, 0.15) is 0 Å². The van der Waals surface area contributed by atoms with Crippen molar-refractivity contribution in [1.82, 2.24) is 0 Å². The standard InChI is InChI=1S/C21H31N/c1-3-4-5-6-7-8-19-13-14-21(15-17(19)2)20-11-9-18(16-22)10-12-20/h9-12,17,19,21H,3-8,13-15H2,1-2H3. The minimum atomic E-state index is 0.707. The predicted molar refractivity (Wildman–Crippen MR) is 93.8 cm³/mol. The predicted octanol–water partition coefficient (Wildman–Crippen LogP) is 6.44. The average Bonchev–Trinajstić information content (AvgIpc) is 2.56. The van der Waals surface area contributed by atoms with E-state index >= 15 is 0 Å². The smallest absolute Gasteiger partial charge is 0.0991 e. The number of nitriles is 1. The third-order valence-electron chi connectivity index (χ3n) is 5.54. The Kier molecular flexibility index (Phi) is 6.97. The van der Waals surface area contributed by atoms with Crippen molar-refractivity contribution in [3.63, 3.8) is 0 Å². The van der Waals surface area contributed by atoms with Gasteiger partial charge < -0.3 is 0 Å². The minimum Gasteiger partial charge on any atom is -0.192 e. The third kappa shape index (κ3) is 4.87. The van der Waals surface area contributed by atoms with Gasteiger partial charge in [-0.1, -0.05) is 64.5 Å². The SMILES string of the molecule is CCCCCCCC1CCC(c2ccc(C#N)cc2)CC1C. The van der Waals surface area contributed by atoms with Crippen molar-refractivity contribution < 1.29 is 0 Å². The Labute approximate surface area is 136 Å². The molecule has 0 heterocycles. The van der Waals surface area contributed by atoms with E-state index < -0.39 is 0 Å². The largest absolute Gasteiger partial charge is 0.192 e. The number of nitrogens with zero attached hydrogens (tertiary/aromatic N) is 1. The molecular weight excluding hydrogens is 266 g/mol. The van der Waals surface area contributed by atoms with Crippen molar-refractivity contribution in [1.29, 1.82) is 5.26 Å². The van der Waals surface area contributed by atoms with Crippen LogP contribution in [0.25, 0.3) is 0 Å². The zero-order chi connectivity index (χ0) is 15.8. The molecule has 1 heteroatoms. The highest BCUT2D eigenvalue weighted by Gasteiger charge is 2.27. The number of hydrogen-bond acceptors (Lipinski definition) is 1. The van der Waals surface area contributed by atoms with E-state index in [0.29, 0.717) is 5.92 Å². The Morgan fingerprint density at radius 2 is 1.77 bits per heavy atom. The topological polar surface area (TPSA) is 23.8 Å². The maximum absolute atomic E-state index is 8.90. The highest BCUT2D eigenvalue weighted by Crippen LogP contribution is 2.41. The molecule has 0 aliphatic heterocycles. The zero-order valence-electron chi connectivity index (χ0n) is 14.4. The highest BCUT2D eigenvalue weighted by molar-refractivity contribution is 5.33. The molecule has 120 valence electrons. The van der Waals surface area contributed by atoms with Gasteiger partial charge in [0.2, 0.25) is 0 Å². The summed E-state index contributed by atoms with van der Waals surface area (Å²) in [4.78, 5) is 0. The summed E-state index contributed by atoms with van der Waals surface area (Å²) in [5.74, 6) is 2.50. The van der Waals surface area contributed by atoms with Crippen LogP contribution in [0.15, 0.2) is 24.3 Å². The van der Waals surface area contributed by atoms with Gasteiger partial charge in [0.15, 0.2) is 0 Å². The van der Waals surface area contributed by atoms with E-state index in [1.165, 1.54) is 63.4 Å². The van der Waals surface area contributed by atoms with Gasteiger partial charge >= 0.3 is 0 Å². The summed E-state index contributed by atoms with van der Waals surface area (Å²) < 4.78 is 0. The van der Waals surface area contributed by atoms with Crippen LogP contribution in [0.1, 0.15) is 88.7 Å². The summed E-state index contributed by atoms with van der Waals surface area (Å²) >= 11 is 0. The highest BCUT2D eigenvalue weighted by atomic mass is 14.3. The second kappa shape index (κ2) is 8.99. The molecular formula is C21H31N. The van der Waals surface area contributed by atoms with Gasteiger partial charge in [-0.05, 0) is 54.7 Å². The van der Waals surface area contributed by atoms with Crippen LogP contribution in [0.3, 0.4) is 0 Å². The summed E-state index contributed by atoms with van der Waals surface area (Å²) in [6.45, 7) is 4.74. The van der Waals surface area contributed by atoms with Crippen molar-refractivity contribution in [2.45, 2.75) is 77.6 Å². The molecule has 0 bridgehead atoms. The van der Waals surface area contributed by atoms with Gasteiger partial charge in [-0.3, -0.25) is 0 Å². The molecule has 0 amide bonds. The molecule has 1 saturated carbocycles. The fourth-order valence-electron chi connectivity index (χ4n) is 4.03. The van der Waals surface area contributed by atoms with E-state index in [4.69, 9.17) is 5.26 Å². The zero-order valence-corrected chi connectivity index (χ0v) is 14.4. The van der Waals surface area contributed by atoms with Crippen LogP contribution < -0.4 is 0 Å². The fourth-order valence-corrected chi connectivity index (χ4v) is 4.03. The van der Waals surface area contributed by atoms with Crippen LogP contribution >= 0.6 is 0 Å². The Morgan fingerprint density at radius 1 is 1.05 bits per heavy atom. The van der Waals surface area contributed by atoms with Gasteiger partial charge in [-0.2, -0.15) is 5.26 Å². The lowest BCUT2D eigenvalue weighted by molar-refractivity contribution is 0.215.